The minimum Gasteiger partial charge on any atom is -0.381 e. The van der Waals surface area contributed by atoms with Crippen molar-refractivity contribution in [3.05, 3.63) is 0 Å². The lowest BCUT2D eigenvalue weighted by atomic mass is 9.65. The van der Waals surface area contributed by atoms with Crippen LogP contribution in [0, 0.1) is 11.3 Å². The summed E-state index contributed by atoms with van der Waals surface area (Å²) >= 11 is 0. The van der Waals surface area contributed by atoms with E-state index < -0.39 is 0 Å². The fourth-order valence-corrected chi connectivity index (χ4v) is 2.76. The molecular formula is C10H15NO2. The highest BCUT2D eigenvalue weighted by atomic mass is 16.5. The first kappa shape index (κ1) is 7.80. The number of carbonyl (C=O) groups is 1. The molecule has 0 aromatic heterocycles. The Morgan fingerprint density at radius 2 is 2.00 bits per heavy atom. The molecule has 3 rings (SSSR count). The number of hydrogen-bond acceptors (Lipinski definition) is 2. The fourth-order valence-electron chi connectivity index (χ4n) is 2.76. The standard InChI is InChI=1S/C10H15NO2/c12-9-10(3-5-13-6-4-10)8(11-9)7-1-2-7/h7-8H,1-6H2,(H,11,12)/t8-/m0/s1. The zero-order valence-electron chi connectivity index (χ0n) is 7.71. The maximum Gasteiger partial charge on any atom is 0.228 e. The van der Waals surface area contributed by atoms with E-state index in [4.69, 9.17) is 4.74 Å². The van der Waals surface area contributed by atoms with Crippen LogP contribution in [0.3, 0.4) is 0 Å². The number of amides is 1. The Hall–Kier alpha value is -0.570. The van der Waals surface area contributed by atoms with Crippen LogP contribution in [0.4, 0.5) is 0 Å². The minimum atomic E-state index is -0.0145. The summed E-state index contributed by atoms with van der Waals surface area (Å²) in [5.74, 6) is 1.07. The van der Waals surface area contributed by atoms with Gasteiger partial charge in [-0.3, -0.25) is 4.79 Å². The molecule has 1 amide bonds. The lowest BCUT2D eigenvalue weighted by Crippen LogP contribution is -2.69. The molecule has 2 saturated heterocycles. The third kappa shape index (κ3) is 0.966. The van der Waals surface area contributed by atoms with E-state index in [0.717, 1.165) is 32.0 Å². The van der Waals surface area contributed by atoms with E-state index in [-0.39, 0.29) is 11.3 Å². The van der Waals surface area contributed by atoms with Gasteiger partial charge in [0.2, 0.25) is 5.91 Å². The topological polar surface area (TPSA) is 38.3 Å². The van der Waals surface area contributed by atoms with Gasteiger partial charge < -0.3 is 10.1 Å². The number of nitrogens with one attached hydrogen (secondary N) is 1. The van der Waals surface area contributed by atoms with Crippen LogP contribution in [0.2, 0.25) is 0 Å². The number of rotatable bonds is 1. The highest BCUT2D eigenvalue weighted by Gasteiger charge is 2.59. The van der Waals surface area contributed by atoms with E-state index in [1.54, 1.807) is 0 Å². The van der Waals surface area contributed by atoms with Crippen LogP contribution < -0.4 is 5.32 Å². The van der Waals surface area contributed by atoms with Crippen molar-refractivity contribution in [2.24, 2.45) is 11.3 Å². The van der Waals surface area contributed by atoms with Crippen LogP contribution in [-0.2, 0) is 9.53 Å². The van der Waals surface area contributed by atoms with Crippen molar-refractivity contribution < 1.29 is 9.53 Å². The van der Waals surface area contributed by atoms with Crippen LogP contribution in [0.5, 0.6) is 0 Å². The van der Waals surface area contributed by atoms with Gasteiger partial charge in [-0.1, -0.05) is 0 Å². The van der Waals surface area contributed by atoms with Crippen molar-refractivity contribution in [1.29, 1.82) is 0 Å². The first-order chi connectivity index (χ1) is 6.33. The SMILES string of the molecule is O=C1N[C@@H](C2CC2)C12CCOCC2. The molecule has 1 N–H and O–H groups in total. The van der Waals surface area contributed by atoms with Gasteiger partial charge in [-0.2, -0.15) is 0 Å². The first-order valence-corrected chi connectivity index (χ1v) is 5.22. The van der Waals surface area contributed by atoms with E-state index in [1.807, 2.05) is 0 Å². The lowest BCUT2D eigenvalue weighted by molar-refractivity contribution is -0.156. The number of ether oxygens (including phenoxy) is 1. The van der Waals surface area contributed by atoms with Crippen LogP contribution in [-0.4, -0.2) is 25.2 Å². The summed E-state index contributed by atoms with van der Waals surface area (Å²) in [6.07, 6.45) is 4.51. The summed E-state index contributed by atoms with van der Waals surface area (Å²) < 4.78 is 5.32. The average Bonchev–Trinajstić information content (AvgIpc) is 2.99. The molecule has 3 aliphatic rings. The molecule has 3 nitrogen and oxygen atoms in total. The van der Waals surface area contributed by atoms with Gasteiger partial charge in [0.1, 0.15) is 0 Å². The summed E-state index contributed by atoms with van der Waals surface area (Å²) in [6, 6.07) is 0.490. The third-order valence-corrected chi connectivity index (χ3v) is 3.81. The molecule has 1 spiro atoms. The van der Waals surface area contributed by atoms with Crippen LogP contribution in [0.15, 0.2) is 0 Å². The maximum absolute atomic E-state index is 11.6. The van der Waals surface area contributed by atoms with E-state index in [0.29, 0.717) is 6.04 Å². The van der Waals surface area contributed by atoms with Crippen LogP contribution >= 0.6 is 0 Å². The van der Waals surface area contributed by atoms with Gasteiger partial charge in [0.25, 0.3) is 0 Å². The van der Waals surface area contributed by atoms with E-state index in [9.17, 15) is 4.79 Å². The van der Waals surface area contributed by atoms with Crippen molar-refractivity contribution in [3.8, 4) is 0 Å². The molecule has 3 fully saturated rings. The summed E-state index contributed by atoms with van der Waals surface area (Å²) in [6.45, 7) is 1.55. The second kappa shape index (κ2) is 2.47. The Labute approximate surface area is 77.8 Å². The molecule has 1 saturated carbocycles. The molecule has 72 valence electrons. The lowest BCUT2D eigenvalue weighted by Gasteiger charge is -2.51. The van der Waals surface area contributed by atoms with E-state index in [2.05, 4.69) is 5.32 Å². The number of hydrogen-bond donors (Lipinski definition) is 1. The molecule has 0 unspecified atom stereocenters. The van der Waals surface area contributed by atoms with Gasteiger partial charge in [0, 0.05) is 19.3 Å². The summed E-state index contributed by atoms with van der Waals surface area (Å²) in [5, 5.41) is 3.07. The Balaban J connectivity index is 1.80. The molecule has 0 radical (unpaired) electrons. The molecule has 1 aliphatic carbocycles. The Morgan fingerprint density at radius 1 is 1.31 bits per heavy atom. The van der Waals surface area contributed by atoms with Gasteiger partial charge >= 0.3 is 0 Å². The summed E-state index contributed by atoms with van der Waals surface area (Å²) in [5.41, 5.74) is -0.0145. The molecule has 13 heavy (non-hydrogen) atoms. The minimum absolute atomic E-state index is 0.0145. The molecule has 0 aromatic rings. The molecule has 2 aliphatic heterocycles. The molecule has 3 heteroatoms. The smallest absolute Gasteiger partial charge is 0.228 e. The van der Waals surface area contributed by atoms with Gasteiger partial charge in [-0.25, -0.2) is 0 Å². The zero-order valence-corrected chi connectivity index (χ0v) is 7.71. The van der Waals surface area contributed by atoms with Crippen molar-refractivity contribution in [1.82, 2.24) is 5.32 Å². The second-order valence-corrected chi connectivity index (χ2v) is 4.56. The van der Waals surface area contributed by atoms with Crippen molar-refractivity contribution in [2.45, 2.75) is 31.7 Å². The summed E-state index contributed by atoms with van der Waals surface area (Å²) in [4.78, 5) is 11.6. The van der Waals surface area contributed by atoms with Crippen LogP contribution in [0.25, 0.3) is 0 Å². The fraction of sp³-hybridized carbons (Fsp3) is 0.900. The molecule has 0 bridgehead atoms. The van der Waals surface area contributed by atoms with Crippen molar-refractivity contribution >= 4 is 5.91 Å². The van der Waals surface area contributed by atoms with Crippen LogP contribution in [0.1, 0.15) is 25.7 Å². The predicted molar refractivity (Wildman–Crippen MR) is 47.1 cm³/mol. The zero-order chi connectivity index (χ0) is 8.89. The first-order valence-electron chi connectivity index (χ1n) is 5.22. The Bertz CT molecular complexity index is 241. The molecular weight excluding hydrogens is 166 g/mol. The summed E-state index contributed by atoms with van der Waals surface area (Å²) in [7, 11) is 0. The molecule has 1 atom stereocenters. The van der Waals surface area contributed by atoms with Gasteiger partial charge in [-0.15, -0.1) is 0 Å². The maximum atomic E-state index is 11.6. The van der Waals surface area contributed by atoms with Gasteiger partial charge in [0.15, 0.2) is 0 Å². The average molecular weight is 181 g/mol. The van der Waals surface area contributed by atoms with Crippen molar-refractivity contribution in [3.63, 3.8) is 0 Å². The quantitative estimate of drug-likeness (QED) is 0.604. The largest absolute Gasteiger partial charge is 0.381 e. The van der Waals surface area contributed by atoms with Gasteiger partial charge in [0.05, 0.1) is 5.41 Å². The van der Waals surface area contributed by atoms with E-state index in [1.165, 1.54) is 12.8 Å². The molecule has 2 heterocycles. The highest BCUT2D eigenvalue weighted by molar-refractivity contribution is 5.90. The normalized spacial score (nSPS) is 36.9. The second-order valence-electron chi connectivity index (χ2n) is 4.56. The van der Waals surface area contributed by atoms with Crippen molar-refractivity contribution in [2.75, 3.05) is 13.2 Å². The Kier molecular flexibility index (Phi) is 1.48. The molecule has 0 aromatic carbocycles. The van der Waals surface area contributed by atoms with Gasteiger partial charge in [-0.05, 0) is 31.6 Å². The monoisotopic (exact) mass is 181 g/mol. The third-order valence-electron chi connectivity index (χ3n) is 3.81. The Morgan fingerprint density at radius 3 is 2.54 bits per heavy atom. The number of β-lactam (4-membered cyclic amide) rings is 1. The van der Waals surface area contributed by atoms with E-state index >= 15 is 0 Å². The predicted octanol–water partition coefficient (Wildman–Crippen LogP) is 0.692. The number of carbonyl (C=O) groups excluding carboxylic acids is 1. The highest BCUT2D eigenvalue weighted by Crippen LogP contribution is 2.50.